The number of ether oxygens (including phenoxy) is 1. The molecule has 0 radical (unpaired) electrons. The van der Waals surface area contributed by atoms with Gasteiger partial charge in [0.25, 0.3) is 5.91 Å². The SMILES string of the molecule is N#Cc1cccc(NC(=O)COC(=O)Cn2nnc(-c3cccs3)n2)c1. The number of carbonyl (C=O) groups is 2. The summed E-state index contributed by atoms with van der Waals surface area (Å²) in [6, 6.07) is 12.1. The van der Waals surface area contributed by atoms with Gasteiger partial charge in [0.1, 0.15) is 0 Å². The second-order valence-electron chi connectivity index (χ2n) is 5.02. The highest BCUT2D eigenvalue weighted by Gasteiger charge is 2.12. The van der Waals surface area contributed by atoms with Crippen molar-refractivity contribution < 1.29 is 14.3 Å². The van der Waals surface area contributed by atoms with Crippen LogP contribution >= 0.6 is 11.3 Å². The molecule has 3 aromatic rings. The minimum absolute atomic E-state index is 0.254. The Labute approximate surface area is 151 Å². The maximum atomic E-state index is 11.8. The lowest BCUT2D eigenvalue weighted by molar-refractivity contribution is -0.148. The quantitative estimate of drug-likeness (QED) is 0.653. The Bertz CT molecular complexity index is 961. The fourth-order valence-corrected chi connectivity index (χ4v) is 2.63. The molecule has 130 valence electrons. The van der Waals surface area contributed by atoms with Gasteiger partial charge in [-0.3, -0.25) is 4.79 Å². The fourth-order valence-electron chi connectivity index (χ4n) is 1.99. The number of nitrogens with one attached hydrogen (secondary N) is 1. The third-order valence-electron chi connectivity index (χ3n) is 3.10. The van der Waals surface area contributed by atoms with Gasteiger partial charge in [0.2, 0.25) is 5.82 Å². The lowest BCUT2D eigenvalue weighted by Gasteiger charge is -2.06. The van der Waals surface area contributed by atoms with E-state index in [0.717, 1.165) is 9.67 Å². The summed E-state index contributed by atoms with van der Waals surface area (Å²) in [5, 5.41) is 25.0. The van der Waals surface area contributed by atoms with Gasteiger partial charge in [-0.1, -0.05) is 12.1 Å². The number of nitrogens with zero attached hydrogens (tertiary/aromatic N) is 5. The molecule has 0 aliphatic rings. The Morgan fingerprint density at radius 2 is 2.19 bits per heavy atom. The zero-order chi connectivity index (χ0) is 18.4. The van der Waals surface area contributed by atoms with Crippen molar-refractivity contribution in [3.63, 3.8) is 0 Å². The molecule has 2 heterocycles. The van der Waals surface area contributed by atoms with E-state index < -0.39 is 18.5 Å². The third kappa shape index (κ3) is 4.49. The maximum Gasteiger partial charge on any atom is 0.330 e. The van der Waals surface area contributed by atoms with E-state index in [1.165, 1.54) is 17.4 Å². The highest BCUT2D eigenvalue weighted by atomic mass is 32.1. The van der Waals surface area contributed by atoms with Crippen LogP contribution in [0.25, 0.3) is 10.7 Å². The number of esters is 1. The molecule has 0 unspecified atom stereocenters. The van der Waals surface area contributed by atoms with Crippen LogP contribution in [0, 0.1) is 11.3 Å². The fraction of sp³-hybridized carbons (Fsp3) is 0.125. The molecule has 0 aliphatic carbocycles. The molecular formula is C16H12N6O3S. The number of anilines is 1. The number of carbonyl (C=O) groups excluding carboxylic acids is 2. The van der Waals surface area contributed by atoms with Gasteiger partial charge in [-0.15, -0.1) is 21.5 Å². The van der Waals surface area contributed by atoms with Crippen molar-refractivity contribution in [2.45, 2.75) is 6.54 Å². The van der Waals surface area contributed by atoms with Crippen LogP contribution in [0.2, 0.25) is 0 Å². The molecule has 9 nitrogen and oxygen atoms in total. The summed E-state index contributed by atoms with van der Waals surface area (Å²) in [5.41, 5.74) is 0.863. The molecule has 26 heavy (non-hydrogen) atoms. The molecule has 2 aromatic heterocycles. The number of amides is 1. The summed E-state index contributed by atoms with van der Waals surface area (Å²) >= 11 is 1.46. The van der Waals surface area contributed by atoms with Crippen LogP contribution in [0.5, 0.6) is 0 Å². The molecule has 10 heteroatoms. The van der Waals surface area contributed by atoms with Crippen LogP contribution in [0.3, 0.4) is 0 Å². The first-order valence-electron chi connectivity index (χ1n) is 7.41. The molecule has 0 aliphatic heterocycles. The summed E-state index contributed by atoms with van der Waals surface area (Å²) in [7, 11) is 0. The molecule has 1 amide bonds. The largest absolute Gasteiger partial charge is 0.454 e. The Balaban J connectivity index is 1.48. The molecule has 1 N–H and O–H groups in total. The zero-order valence-corrected chi connectivity index (χ0v) is 14.1. The van der Waals surface area contributed by atoms with Gasteiger partial charge in [0, 0.05) is 5.69 Å². The standard InChI is InChI=1S/C16H12N6O3S/c17-8-11-3-1-4-12(7-11)18-14(23)10-25-15(24)9-22-20-16(19-21-22)13-5-2-6-26-13/h1-7H,9-10H2,(H,18,23). The van der Waals surface area contributed by atoms with Crippen LogP contribution in [-0.4, -0.2) is 38.7 Å². The van der Waals surface area contributed by atoms with Crippen LogP contribution in [0.1, 0.15) is 5.56 Å². The predicted octanol–water partition coefficient (Wildman–Crippen LogP) is 1.46. The number of hydrogen-bond acceptors (Lipinski definition) is 8. The van der Waals surface area contributed by atoms with Crippen molar-refractivity contribution in [3.8, 4) is 16.8 Å². The topological polar surface area (TPSA) is 123 Å². The van der Waals surface area contributed by atoms with E-state index in [1.807, 2.05) is 23.6 Å². The second-order valence-corrected chi connectivity index (χ2v) is 5.97. The Morgan fingerprint density at radius 1 is 1.31 bits per heavy atom. The summed E-state index contributed by atoms with van der Waals surface area (Å²) in [4.78, 5) is 25.5. The normalized spacial score (nSPS) is 10.1. The molecule has 0 fully saturated rings. The van der Waals surface area contributed by atoms with Crippen molar-refractivity contribution in [1.29, 1.82) is 5.26 Å². The first kappa shape index (κ1) is 17.2. The Kier molecular flexibility index (Phi) is 5.31. The highest BCUT2D eigenvalue weighted by molar-refractivity contribution is 7.13. The third-order valence-corrected chi connectivity index (χ3v) is 3.97. The average molecular weight is 368 g/mol. The van der Waals surface area contributed by atoms with E-state index in [1.54, 1.807) is 18.2 Å². The monoisotopic (exact) mass is 368 g/mol. The minimum Gasteiger partial charge on any atom is -0.454 e. The summed E-state index contributed by atoms with van der Waals surface area (Å²) < 4.78 is 4.89. The van der Waals surface area contributed by atoms with Crippen LogP contribution in [-0.2, 0) is 20.9 Å². The minimum atomic E-state index is -0.666. The number of tetrazole rings is 1. The van der Waals surface area contributed by atoms with E-state index in [9.17, 15) is 9.59 Å². The predicted molar refractivity (Wildman–Crippen MR) is 91.9 cm³/mol. The van der Waals surface area contributed by atoms with Gasteiger partial charge in [0.15, 0.2) is 13.2 Å². The molecular weight excluding hydrogens is 356 g/mol. The first-order valence-corrected chi connectivity index (χ1v) is 8.29. The number of rotatable bonds is 6. The van der Waals surface area contributed by atoms with Crippen LogP contribution in [0.15, 0.2) is 41.8 Å². The molecule has 0 bridgehead atoms. The molecule has 0 saturated carbocycles. The lowest BCUT2D eigenvalue weighted by atomic mass is 10.2. The highest BCUT2D eigenvalue weighted by Crippen LogP contribution is 2.19. The van der Waals surface area contributed by atoms with E-state index >= 15 is 0 Å². The number of aromatic nitrogens is 4. The average Bonchev–Trinajstić information content (AvgIpc) is 3.31. The van der Waals surface area contributed by atoms with Gasteiger partial charge >= 0.3 is 5.97 Å². The van der Waals surface area contributed by atoms with E-state index in [0.29, 0.717) is 17.1 Å². The summed E-state index contributed by atoms with van der Waals surface area (Å²) in [5.74, 6) is -0.761. The number of benzene rings is 1. The van der Waals surface area contributed by atoms with Gasteiger partial charge in [-0.2, -0.15) is 10.1 Å². The number of thiophene rings is 1. The van der Waals surface area contributed by atoms with Crippen molar-refractivity contribution >= 4 is 28.9 Å². The summed E-state index contributed by atoms with van der Waals surface area (Å²) in [6.45, 7) is -0.711. The summed E-state index contributed by atoms with van der Waals surface area (Å²) in [6.07, 6.45) is 0. The first-order chi connectivity index (χ1) is 12.6. The van der Waals surface area contributed by atoms with Crippen LogP contribution < -0.4 is 5.32 Å². The van der Waals surface area contributed by atoms with E-state index in [2.05, 4.69) is 20.7 Å². The van der Waals surface area contributed by atoms with Crippen molar-refractivity contribution in [1.82, 2.24) is 20.2 Å². The lowest BCUT2D eigenvalue weighted by Crippen LogP contribution is -2.23. The molecule has 3 rings (SSSR count). The van der Waals surface area contributed by atoms with Crippen molar-refractivity contribution in [2.75, 3.05) is 11.9 Å². The number of hydrogen-bond donors (Lipinski definition) is 1. The Morgan fingerprint density at radius 3 is 2.96 bits per heavy atom. The number of nitriles is 1. The maximum absolute atomic E-state index is 11.8. The van der Waals surface area contributed by atoms with Gasteiger partial charge in [-0.05, 0) is 34.9 Å². The van der Waals surface area contributed by atoms with Crippen molar-refractivity contribution in [3.05, 3.63) is 47.3 Å². The van der Waals surface area contributed by atoms with Gasteiger partial charge in [-0.25, -0.2) is 4.79 Å². The smallest absolute Gasteiger partial charge is 0.330 e. The molecule has 0 spiro atoms. The van der Waals surface area contributed by atoms with Gasteiger partial charge < -0.3 is 10.1 Å². The van der Waals surface area contributed by atoms with Crippen molar-refractivity contribution in [2.24, 2.45) is 0 Å². The Hall–Kier alpha value is -3.58. The van der Waals surface area contributed by atoms with Crippen LogP contribution in [0.4, 0.5) is 5.69 Å². The zero-order valence-electron chi connectivity index (χ0n) is 13.3. The van der Waals surface area contributed by atoms with E-state index in [4.69, 9.17) is 10.00 Å². The molecule has 0 saturated heterocycles. The second kappa shape index (κ2) is 8.00. The van der Waals surface area contributed by atoms with E-state index in [-0.39, 0.29) is 6.54 Å². The van der Waals surface area contributed by atoms with Gasteiger partial charge in [0.05, 0.1) is 16.5 Å². The molecule has 1 aromatic carbocycles. The molecule has 0 atom stereocenters.